The highest BCUT2D eigenvalue weighted by molar-refractivity contribution is 5.86. The molecule has 0 aromatic carbocycles. The van der Waals surface area contributed by atoms with E-state index in [1.807, 2.05) is 37.8 Å². The SMILES string of the molecule is Cc1cc(Nc2cnc([C@H]3CC[C@@]4(CC3)OCCN([C@@H](C)c3ccc(-n5cc(F)cn5)nc3)C4=O)nc2C)n[nH]1. The summed E-state index contributed by atoms with van der Waals surface area (Å²) in [5.41, 5.74) is 2.72. The van der Waals surface area contributed by atoms with Gasteiger partial charge in [0.15, 0.2) is 17.5 Å². The summed E-state index contributed by atoms with van der Waals surface area (Å²) in [6, 6.07) is 5.44. The van der Waals surface area contributed by atoms with Crippen molar-refractivity contribution in [3.8, 4) is 5.82 Å². The Balaban J connectivity index is 1.11. The maximum atomic E-state index is 13.8. The molecule has 1 aliphatic carbocycles. The number of pyridine rings is 1. The lowest BCUT2D eigenvalue weighted by Crippen LogP contribution is -2.58. The molecule has 4 aromatic heterocycles. The van der Waals surface area contributed by atoms with Gasteiger partial charge in [-0.05, 0) is 58.1 Å². The Morgan fingerprint density at radius 2 is 2.00 bits per heavy atom. The number of hydrogen-bond donors (Lipinski definition) is 2. The van der Waals surface area contributed by atoms with Crippen LogP contribution in [-0.2, 0) is 9.53 Å². The van der Waals surface area contributed by atoms with E-state index < -0.39 is 11.4 Å². The molecule has 1 amide bonds. The van der Waals surface area contributed by atoms with Gasteiger partial charge < -0.3 is 15.0 Å². The minimum Gasteiger partial charge on any atom is -0.363 e. The third-order valence-electron chi connectivity index (χ3n) is 7.99. The van der Waals surface area contributed by atoms with Gasteiger partial charge in [-0.25, -0.2) is 24.0 Å². The van der Waals surface area contributed by atoms with Gasteiger partial charge in [-0.2, -0.15) is 10.2 Å². The van der Waals surface area contributed by atoms with Gasteiger partial charge in [0.05, 0.1) is 42.6 Å². The molecule has 1 aliphatic heterocycles. The maximum absolute atomic E-state index is 13.8. The monoisotopic (exact) mass is 545 g/mol. The first kappa shape index (κ1) is 26.1. The van der Waals surface area contributed by atoms with E-state index >= 15 is 0 Å². The molecule has 0 bridgehead atoms. The molecule has 2 aliphatic rings. The number of amides is 1. The Morgan fingerprint density at radius 1 is 1.18 bits per heavy atom. The van der Waals surface area contributed by atoms with Crippen LogP contribution in [0.3, 0.4) is 0 Å². The first-order valence-corrected chi connectivity index (χ1v) is 13.6. The number of nitrogens with zero attached hydrogens (tertiary/aromatic N) is 7. The average molecular weight is 546 g/mol. The molecule has 6 rings (SSSR count). The van der Waals surface area contributed by atoms with Gasteiger partial charge in [0, 0.05) is 30.4 Å². The van der Waals surface area contributed by atoms with Crippen LogP contribution in [-0.4, -0.2) is 64.5 Å². The molecule has 4 aromatic rings. The van der Waals surface area contributed by atoms with E-state index in [1.165, 1.54) is 10.9 Å². The van der Waals surface area contributed by atoms with Crippen molar-refractivity contribution in [1.29, 1.82) is 0 Å². The van der Waals surface area contributed by atoms with E-state index in [4.69, 9.17) is 9.72 Å². The van der Waals surface area contributed by atoms with Crippen molar-refractivity contribution < 1.29 is 13.9 Å². The molecule has 5 heterocycles. The Kier molecular flexibility index (Phi) is 6.78. The van der Waals surface area contributed by atoms with Crippen LogP contribution < -0.4 is 5.32 Å². The number of rotatable bonds is 6. The zero-order valence-corrected chi connectivity index (χ0v) is 22.8. The van der Waals surface area contributed by atoms with E-state index in [-0.39, 0.29) is 17.9 Å². The number of nitrogens with one attached hydrogen (secondary N) is 2. The number of anilines is 2. The molecular weight excluding hydrogens is 513 g/mol. The minimum absolute atomic E-state index is 0.0221. The van der Waals surface area contributed by atoms with E-state index in [2.05, 4.69) is 30.6 Å². The predicted molar refractivity (Wildman–Crippen MR) is 145 cm³/mol. The summed E-state index contributed by atoms with van der Waals surface area (Å²) in [5.74, 6) is 1.80. The highest BCUT2D eigenvalue weighted by atomic mass is 19.1. The minimum atomic E-state index is -0.822. The molecule has 208 valence electrons. The van der Waals surface area contributed by atoms with Crippen LogP contribution in [0.25, 0.3) is 5.82 Å². The highest BCUT2D eigenvalue weighted by Crippen LogP contribution is 2.43. The van der Waals surface area contributed by atoms with Gasteiger partial charge in [0.2, 0.25) is 0 Å². The van der Waals surface area contributed by atoms with Crippen LogP contribution >= 0.6 is 0 Å². The molecule has 12 heteroatoms. The van der Waals surface area contributed by atoms with Crippen molar-refractivity contribution in [2.24, 2.45) is 0 Å². The summed E-state index contributed by atoms with van der Waals surface area (Å²) in [7, 11) is 0. The van der Waals surface area contributed by atoms with Crippen molar-refractivity contribution in [3.05, 3.63) is 71.6 Å². The maximum Gasteiger partial charge on any atom is 0.255 e. The molecule has 1 saturated heterocycles. The van der Waals surface area contributed by atoms with Gasteiger partial charge in [0.25, 0.3) is 5.91 Å². The molecule has 11 nitrogen and oxygen atoms in total. The Hall–Kier alpha value is -4.19. The quantitative estimate of drug-likeness (QED) is 0.367. The molecule has 1 saturated carbocycles. The lowest BCUT2D eigenvalue weighted by atomic mass is 9.76. The third kappa shape index (κ3) is 4.94. The number of H-pyrrole nitrogens is 1. The second-order valence-electron chi connectivity index (χ2n) is 10.6. The number of carbonyl (C=O) groups excluding carboxylic acids is 1. The van der Waals surface area contributed by atoms with Gasteiger partial charge >= 0.3 is 0 Å². The van der Waals surface area contributed by atoms with Crippen LogP contribution in [0.1, 0.15) is 67.3 Å². The van der Waals surface area contributed by atoms with Crippen LogP contribution in [0.15, 0.2) is 43.0 Å². The van der Waals surface area contributed by atoms with Gasteiger partial charge in [-0.1, -0.05) is 6.07 Å². The fourth-order valence-electron chi connectivity index (χ4n) is 5.65. The number of carbonyl (C=O) groups is 1. The summed E-state index contributed by atoms with van der Waals surface area (Å²) in [5, 5.41) is 14.3. The van der Waals surface area contributed by atoms with Crippen LogP contribution in [0.5, 0.6) is 0 Å². The van der Waals surface area contributed by atoms with Crippen molar-refractivity contribution in [3.63, 3.8) is 0 Å². The molecule has 2 N–H and O–H groups in total. The van der Waals surface area contributed by atoms with Crippen LogP contribution in [0, 0.1) is 19.7 Å². The summed E-state index contributed by atoms with van der Waals surface area (Å²) < 4.78 is 20.9. The van der Waals surface area contributed by atoms with Crippen LogP contribution in [0.4, 0.5) is 15.9 Å². The second-order valence-corrected chi connectivity index (χ2v) is 10.6. The first-order chi connectivity index (χ1) is 19.3. The van der Waals surface area contributed by atoms with Crippen molar-refractivity contribution in [2.45, 2.75) is 64.0 Å². The highest BCUT2D eigenvalue weighted by Gasteiger charge is 2.49. The zero-order valence-electron chi connectivity index (χ0n) is 22.8. The largest absolute Gasteiger partial charge is 0.363 e. The standard InChI is InChI=1S/C28H32FN9O2/c1-17-12-24(36-35-17)34-23-15-31-26(33-18(23)2)20-6-8-28(9-7-20)27(39)37(10-11-40-28)19(3)21-4-5-25(30-13-21)38-16-22(29)14-32-38/h4-5,12-16,19-20H,6-11H2,1-3H3,(H2,34,35,36)/t19-,20-,28-/m0/s1. The van der Waals surface area contributed by atoms with E-state index in [0.717, 1.165) is 53.3 Å². The molecular formula is C28H32FN9O2. The van der Waals surface area contributed by atoms with Gasteiger partial charge in [-0.15, -0.1) is 0 Å². The van der Waals surface area contributed by atoms with Gasteiger partial charge in [-0.3, -0.25) is 9.89 Å². The number of morpholine rings is 1. The lowest BCUT2D eigenvalue weighted by Gasteiger charge is -2.46. The normalized spacial score (nSPS) is 22.1. The summed E-state index contributed by atoms with van der Waals surface area (Å²) >= 11 is 0. The fourth-order valence-corrected chi connectivity index (χ4v) is 5.65. The summed E-state index contributed by atoms with van der Waals surface area (Å²) in [6.07, 6.45) is 8.73. The molecule has 0 unspecified atom stereocenters. The third-order valence-corrected chi connectivity index (χ3v) is 7.99. The average Bonchev–Trinajstić information content (AvgIpc) is 3.59. The van der Waals surface area contributed by atoms with Crippen molar-refractivity contribution in [2.75, 3.05) is 18.5 Å². The van der Waals surface area contributed by atoms with E-state index in [9.17, 15) is 9.18 Å². The van der Waals surface area contributed by atoms with Crippen LogP contribution in [0.2, 0.25) is 0 Å². The number of halogens is 1. The van der Waals surface area contributed by atoms with Gasteiger partial charge in [0.1, 0.15) is 11.4 Å². The Labute approximate surface area is 231 Å². The van der Waals surface area contributed by atoms with Crippen molar-refractivity contribution in [1.82, 2.24) is 39.8 Å². The number of ether oxygens (including phenoxy) is 1. The number of aryl methyl sites for hydroxylation is 2. The number of aromatic nitrogens is 7. The Morgan fingerprint density at radius 3 is 2.65 bits per heavy atom. The van der Waals surface area contributed by atoms with E-state index in [1.54, 1.807) is 18.5 Å². The summed E-state index contributed by atoms with van der Waals surface area (Å²) in [4.78, 5) is 29.6. The zero-order chi connectivity index (χ0) is 27.9. The number of aromatic amines is 1. The fraction of sp³-hybridized carbons (Fsp3) is 0.429. The molecule has 2 fully saturated rings. The molecule has 1 atom stereocenters. The smallest absolute Gasteiger partial charge is 0.255 e. The molecule has 0 radical (unpaired) electrons. The summed E-state index contributed by atoms with van der Waals surface area (Å²) in [6.45, 7) is 6.91. The second kappa shape index (κ2) is 10.4. The lowest BCUT2D eigenvalue weighted by molar-refractivity contribution is -0.181. The number of hydrogen-bond acceptors (Lipinski definition) is 8. The predicted octanol–water partition coefficient (Wildman–Crippen LogP) is 4.30. The molecule has 1 spiro atoms. The van der Waals surface area contributed by atoms with E-state index in [0.29, 0.717) is 31.8 Å². The Bertz CT molecular complexity index is 1510. The van der Waals surface area contributed by atoms with Crippen molar-refractivity contribution >= 4 is 17.4 Å². The first-order valence-electron chi connectivity index (χ1n) is 13.6. The topological polar surface area (TPSA) is 127 Å². The molecule has 40 heavy (non-hydrogen) atoms.